The van der Waals surface area contributed by atoms with Gasteiger partial charge < -0.3 is 9.67 Å². The second kappa shape index (κ2) is 6.05. The van der Waals surface area contributed by atoms with E-state index in [2.05, 4.69) is 4.57 Å². The minimum absolute atomic E-state index is 0.132. The van der Waals surface area contributed by atoms with E-state index in [0.29, 0.717) is 18.0 Å². The van der Waals surface area contributed by atoms with E-state index in [1.54, 1.807) is 18.2 Å². The molecule has 0 radical (unpaired) electrons. The van der Waals surface area contributed by atoms with E-state index in [9.17, 15) is 14.7 Å². The predicted octanol–water partition coefficient (Wildman–Crippen LogP) is 4.56. The van der Waals surface area contributed by atoms with Crippen LogP contribution in [0.15, 0.2) is 42.5 Å². The third kappa shape index (κ3) is 2.63. The van der Waals surface area contributed by atoms with E-state index in [-0.39, 0.29) is 11.3 Å². The molecule has 5 heteroatoms. The second-order valence-electron chi connectivity index (χ2n) is 6.31. The lowest BCUT2D eigenvalue weighted by molar-refractivity contribution is 0.0696. The molecule has 3 aromatic rings. The van der Waals surface area contributed by atoms with Crippen molar-refractivity contribution in [2.75, 3.05) is 0 Å². The van der Waals surface area contributed by atoms with Crippen LogP contribution in [0.3, 0.4) is 0 Å². The molecule has 1 aromatic heterocycles. The molecule has 0 unspecified atom stereocenters. The number of aromatic carboxylic acids is 1. The van der Waals surface area contributed by atoms with Gasteiger partial charge in [-0.05, 0) is 36.6 Å². The van der Waals surface area contributed by atoms with Crippen LogP contribution in [0.25, 0.3) is 10.9 Å². The highest BCUT2D eigenvalue weighted by Gasteiger charge is 2.26. The minimum Gasteiger partial charge on any atom is -0.478 e. The molecule has 2 aromatic carbocycles. The van der Waals surface area contributed by atoms with Crippen molar-refractivity contribution in [2.24, 2.45) is 0 Å². The van der Waals surface area contributed by atoms with Crippen molar-refractivity contribution in [2.45, 2.75) is 25.8 Å². The van der Waals surface area contributed by atoms with Crippen molar-refractivity contribution in [3.05, 3.63) is 69.9 Å². The number of halogens is 1. The van der Waals surface area contributed by atoms with Crippen LogP contribution < -0.4 is 0 Å². The van der Waals surface area contributed by atoms with Crippen LogP contribution in [0.2, 0.25) is 5.02 Å². The maximum Gasteiger partial charge on any atom is 0.335 e. The maximum absolute atomic E-state index is 12.5. The first-order chi connectivity index (χ1) is 12.1. The van der Waals surface area contributed by atoms with Gasteiger partial charge in [0.2, 0.25) is 0 Å². The second-order valence-corrected chi connectivity index (χ2v) is 6.72. The van der Waals surface area contributed by atoms with Gasteiger partial charge in [0.15, 0.2) is 5.78 Å². The molecule has 0 fully saturated rings. The number of benzene rings is 2. The molecule has 0 saturated heterocycles. The average molecular weight is 354 g/mol. The summed E-state index contributed by atoms with van der Waals surface area (Å²) in [6.45, 7) is 0.516. The summed E-state index contributed by atoms with van der Waals surface area (Å²) < 4.78 is 2.05. The van der Waals surface area contributed by atoms with Gasteiger partial charge in [0.25, 0.3) is 0 Å². The van der Waals surface area contributed by atoms with Crippen molar-refractivity contribution < 1.29 is 14.7 Å². The fraction of sp³-hybridized carbons (Fsp3) is 0.200. The molecule has 1 heterocycles. The molecule has 1 aliphatic rings. The molecule has 4 rings (SSSR count). The Morgan fingerprint density at radius 3 is 2.72 bits per heavy atom. The van der Waals surface area contributed by atoms with E-state index in [4.69, 9.17) is 11.6 Å². The predicted molar refractivity (Wildman–Crippen MR) is 96.7 cm³/mol. The van der Waals surface area contributed by atoms with Crippen LogP contribution in [0, 0.1) is 0 Å². The zero-order chi connectivity index (χ0) is 17.6. The Hall–Kier alpha value is -2.59. The van der Waals surface area contributed by atoms with Crippen molar-refractivity contribution in [3.8, 4) is 0 Å². The highest BCUT2D eigenvalue weighted by atomic mass is 35.5. The Bertz CT molecular complexity index is 1020. The standard InChI is InChI=1S/C20H16ClNO3/c21-15-5-2-1-4-13(15)11-22-16-6-3-7-18(23)19(16)14-9-8-12(20(24)25)10-17(14)22/h1-2,4-5,8-10H,3,6-7,11H2,(H,24,25). The summed E-state index contributed by atoms with van der Waals surface area (Å²) in [6, 6.07) is 12.6. The van der Waals surface area contributed by atoms with E-state index >= 15 is 0 Å². The molecule has 4 nitrogen and oxygen atoms in total. The molecular weight excluding hydrogens is 338 g/mol. The van der Waals surface area contributed by atoms with Gasteiger partial charge in [0.1, 0.15) is 0 Å². The van der Waals surface area contributed by atoms with Gasteiger partial charge in [-0.1, -0.05) is 35.9 Å². The van der Waals surface area contributed by atoms with Crippen LogP contribution in [0.5, 0.6) is 0 Å². The highest BCUT2D eigenvalue weighted by Crippen LogP contribution is 2.34. The number of nitrogens with zero attached hydrogens (tertiary/aromatic N) is 1. The highest BCUT2D eigenvalue weighted by molar-refractivity contribution is 6.31. The summed E-state index contributed by atoms with van der Waals surface area (Å²) in [5.74, 6) is -0.844. The molecule has 1 N–H and O–H groups in total. The SMILES string of the molecule is O=C(O)c1ccc2c3c(n(Cc4ccccc4Cl)c2c1)CCCC3=O. The first kappa shape index (κ1) is 15.9. The van der Waals surface area contributed by atoms with Gasteiger partial charge >= 0.3 is 5.97 Å². The number of hydrogen-bond donors (Lipinski definition) is 1. The third-order valence-corrected chi connectivity index (χ3v) is 5.17. The molecule has 25 heavy (non-hydrogen) atoms. The molecule has 0 spiro atoms. The Morgan fingerprint density at radius 2 is 1.96 bits per heavy atom. The Balaban J connectivity index is 1.97. The third-order valence-electron chi connectivity index (χ3n) is 4.80. The first-order valence-corrected chi connectivity index (χ1v) is 8.59. The molecule has 0 saturated carbocycles. The minimum atomic E-state index is -0.975. The number of fused-ring (bicyclic) bond motifs is 3. The van der Waals surface area contributed by atoms with Crippen molar-refractivity contribution in [1.82, 2.24) is 4.57 Å². The summed E-state index contributed by atoms with van der Waals surface area (Å²) in [7, 11) is 0. The van der Waals surface area contributed by atoms with Crippen molar-refractivity contribution >= 4 is 34.3 Å². The lowest BCUT2D eigenvalue weighted by Crippen LogP contribution is -2.14. The van der Waals surface area contributed by atoms with Gasteiger partial charge in [-0.15, -0.1) is 0 Å². The van der Waals surface area contributed by atoms with Crippen LogP contribution >= 0.6 is 11.6 Å². The average Bonchev–Trinajstić information content (AvgIpc) is 2.91. The molecule has 126 valence electrons. The number of carboxylic acids is 1. The molecule has 0 amide bonds. The number of rotatable bonds is 3. The van der Waals surface area contributed by atoms with Gasteiger partial charge in [-0.3, -0.25) is 4.79 Å². The monoisotopic (exact) mass is 353 g/mol. The summed E-state index contributed by atoms with van der Waals surface area (Å²) in [4.78, 5) is 23.9. The number of carbonyl (C=O) groups excluding carboxylic acids is 1. The number of Topliss-reactive ketones (excluding diaryl/α,β-unsaturated/α-hetero) is 1. The van der Waals surface area contributed by atoms with E-state index in [0.717, 1.165) is 40.6 Å². The molecule has 1 aliphatic carbocycles. The van der Waals surface area contributed by atoms with Crippen LogP contribution in [-0.4, -0.2) is 21.4 Å². The quantitative estimate of drug-likeness (QED) is 0.750. The largest absolute Gasteiger partial charge is 0.478 e. The first-order valence-electron chi connectivity index (χ1n) is 8.21. The Labute approximate surface area is 149 Å². The topological polar surface area (TPSA) is 59.3 Å². The molecule has 0 atom stereocenters. The molecule has 0 aliphatic heterocycles. The normalized spacial score (nSPS) is 13.9. The molecule has 0 bridgehead atoms. The van der Waals surface area contributed by atoms with Crippen LogP contribution in [-0.2, 0) is 13.0 Å². The van der Waals surface area contributed by atoms with Gasteiger partial charge in [-0.25, -0.2) is 4.79 Å². The van der Waals surface area contributed by atoms with Gasteiger partial charge in [0.05, 0.1) is 11.1 Å². The van der Waals surface area contributed by atoms with Crippen LogP contribution in [0.4, 0.5) is 0 Å². The van der Waals surface area contributed by atoms with Crippen molar-refractivity contribution in [3.63, 3.8) is 0 Å². The smallest absolute Gasteiger partial charge is 0.335 e. The number of ketones is 1. The van der Waals surface area contributed by atoms with E-state index < -0.39 is 5.97 Å². The zero-order valence-corrected chi connectivity index (χ0v) is 14.2. The zero-order valence-electron chi connectivity index (χ0n) is 13.5. The fourth-order valence-electron chi connectivity index (χ4n) is 3.63. The Morgan fingerprint density at radius 1 is 1.16 bits per heavy atom. The lowest BCUT2D eigenvalue weighted by atomic mass is 9.94. The number of hydrogen-bond acceptors (Lipinski definition) is 2. The number of carboxylic acid groups (broad SMARTS) is 1. The lowest BCUT2D eigenvalue weighted by Gasteiger charge is -2.16. The summed E-state index contributed by atoms with van der Waals surface area (Å²) >= 11 is 6.31. The van der Waals surface area contributed by atoms with E-state index in [1.807, 2.05) is 24.3 Å². The maximum atomic E-state index is 12.5. The van der Waals surface area contributed by atoms with E-state index in [1.165, 1.54) is 0 Å². The van der Waals surface area contributed by atoms with Gasteiger partial charge in [0, 0.05) is 34.6 Å². The van der Waals surface area contributed by atoms with Crippen LogP contribution in [0.1, 0.15) is 44.8 Å². The summed E-state index contributed by atoms with van der Waals surface area (Å²) in [5, 5.41) is 10.8. The summed E-state index contributed by atoms with van der Waals surface area (Å²) in [5.41, 5.74) is 3.66. The summed E-state index contributed by atoms with van der Waals surface area (Å²) in [6.07, 6.45) is 2.16. The molecular formula is C20H16ClNO3. The number of carbonyl (C=O) groups is 2. The number of aromatic nitrogens is 1. The van der Waals surface area contributed by atoms with Gasteiger partial charge in [-0.2, -0.15) is 0 Å². The van der Waals surface area contributed by atoms with Crippen molar-refractivity contribution in [1.29, 1.82) is 0 Å². The fourth-order valence-corrected chi connectivity index (χ4v) is 3.82. The Kier molecular flexibility index (Phi) is 3.85.